The van der Waals surface area contributed by atoms with E-state index in [1.54, 1.807) is 6.07 Å². The molecule has 0 aliphatic carbocycles. The summed E-state index contributed by atoms with van der Waals surface area (Å²) in [6, 6.07) is 20.1. The van der Waals surface area contributed by atoms with E-state index in [0.29, 0.717) is 11.3 Å². The fourth-order valence-electron chi connectivity index (χ4n) is 4.28. The van der Waals surface area contributed by atoms with E-state index in [1.165, 1.54) is 5.69 Å². The van der Waals surface area contributed by atoms with Gasteiger partial charge in [0.2, 0.25) is 0 Å². The lowest BCUT2D eigenvalue weighted by atomic mass is 9.98. The number of rotatable bonds is 5. The maximum atomic E-state index is 12.2. The summed E-state index contributed by atoms with van der Waals surface area (Å²) in [4.78, 5) is 14.6. The van der Waals surface area contributed by atoms with E-state index in [9.17, 15) is 4.79 Å². The Balaban J connectivity index is 1.74. The lowest BCUT2D eigenvalue weighted by molar-refractivity contribution is 0.100. The van der Waals surface area contributed by atoms with Crippen molar-refractivity contribution in [1.29, 1.82) is 0 Å². The van der Waals surface area contributed by atoms with Crippen LogP contribution in [0.3, 0.4) is 0 Å². The van der Waals surface area contributed by atoms with Crippen LogP contribution >= 0.6 is 15.9 Å². The second-order valence-electron chi connectivity index (χ2n) is 8.99. The molecule has 1 heterocycles. The highest BCUT2D eigenvalue weighted by molar-refractivity contribution is 9.10. The van der Waals surface area contributed by atoms with Gasteiger partial charge < -0.3 is 21.3 Å². The number of para-hydroxylation sites is 1. The molecule has 6 heteroatoms. The number of hydrogen-bond donors (Lipinski definition) is 3. The maximum Gasteiger partial charge on any atom is 0.250 e. The molecular weight excluding hydrogens is 464 g/mol. The predicted octanol–water partition coefficient (Wildman–Crippen LogP) is 5.46. The van der Waals surface area contributed by atoms with Crippen molar-refractivity contribution in [3.05, 3.63) is 76.3 Å². The molecular formula is C26H29BrN4O. The van der Waals surface area contributed by atoms with Crippen LogP contribution in [0.15, 0.2) is 65.1 Å². The molecule has 3 aromatic rings. The van der Waals surface area contributed by atoms with E-state index in [4.69, 9.17) is 5.73 Å². The van der Waals surface area contributed by atoms with Gasteiger partial charge in [0.15, 0.2) is 0 Å². The third-order valence-corrected chi connectivity index (χ3v) is 6.42. The molecule has 0 saturated carbocycles. The maximum absolute atomic E-state index is 12.2. The number of piperazine rings is 1. The van der Waals surface area contributed by atoms with E-state index in [2.05, 4.69) is 63.5 Å². The smallest absolute Gasteiger partial charge is 0.250 e. The molecule has 0 spiro atoms. The number of amides is 1. The Bertz CT molecular complexity index is 1160. The zero-order chi connectivity index (χ0) is 22.9. The van der Waals surface area contributed by atoms with E-state index < -0.39 is 5.91 Å². The Hall–Kier alpha value is -2.83. The van der Waals surface area contributed by atoms with Crippen LogP contribution in [-0.2, 0) is 0 Å². The summed E-state index contributed by atoms with van der Waals surface area (Å²) in [6.45, 7) is 9.33. The summed E-state index contributed by atoms with van der Waals surface area (Å²) in [5.74, 6) is -0.458. The number of carbonyl (C=O) groups is 1. The van der Waals surface area contributed by atoms with Crippen LogP contribution in [0.1, 0.15) is 29.8 Å². The molecule has 1 fully saturated rings. The molecule has 1 aliphatic heterocycles. The highest BCUT2D eigenvalue weighted by Crippen LogP contribution is 2.38. The average molecular weight is 493 g/mol. The minimum atomic E-state index is -0.458. The second kappa shape index (κ2) is 8.96. The Morgan fingerprint density at radius 3 is 2.59 bits per heavy atom. The van der Waals surface area contributed by atoms with E-state index in [0.717, 1.165) is 46.5 Å². The van der Waals surface area contributed by atoms with Gasteiger partial charge in [0, 0.05) is 40.9 Å². The molecule has 0 unspecified atom stereocenters. The molecule has 1 amide bonds. The Morgan fingerprint density at radius 1 is 1.12 bits per heavy atom. The quantitative estimate of drug-likeness (QED) is 0.442. The van der Waals surface area contributed by atoms with Crippen molar-refractivity contribution in [3.8, 4) is 11.1 Å². The summed E-state index contributed by atoms with van der Waals surface area (Å²) in [5.41, 5.74) is 12.1. The summed E-state index contributed by atoms with van der Waals surface area (Å²) in [7, 11) is 0. The normalized spacial score (nSPS) is 15.4. The fraction of sp³-hybridized carbons (Fsp3) is 0.269. The van der Waals surface area contributed by atoms with Gasteiger partial charge in [0.1, 0.15) is 0 Å². The number of hydrogen-bond acceptors (Lipinski definition) is 4. The molecule has 0 bridgehead atoms. The molecule has 0 atom stereocenters. The largest absolute Gasteiger partial charge is 0.368 e. The van der Waals surface area contributed by atoms with Crippen molar-refractivity contribution in [1.82, 2.24) is 5.32 Å². The van der Waals surface area contributed by atoms with Crippen LogP contribution in [0.2, 0.25) is 0 Å². The van der Waals surface area contributed by atoms with Gasteiger partial charge in [-0.05, 0) is 78.2 Å². The number of nitrogens with one attached hydrogen (secondary N) is 2. The summed E-state index contributed by atoms with van der Waals surface area (Å²) >= 11 is 3.79. The van der Waals surface area contributed by atoms with Gasteiger partial charge in [0.25, 0.3) is 5.91 Å². The van der Waals surface area contributed by atoms with Gasteiger partial charge in [-0.25, -0.2) is 0 Å². The minimum Gasteiger partial charge on any atom is -0.368 e. The number of halogens is 1. The molecule has 32 heavy (non-hydrogen) atoms. The highest BCUT2D eigenvalue weighted by Gasteiger charge is 2.27. The van der Waals surface area contributed by atoms with E-state index >= 15 is 0 Å². The molecule has 5 nitrogen and oxygen atoms in total. The van der Waals surface area contributed by atoms with Gasteiger partial charge in [0.05, 0.1) is 16.9 Å². The molecule has 3 aromatic carbocycles. The number of anilines is 3. The summed E-state index contributed by atoms with van der Waals surface area (Å²) in [5, 5.41) is 6.99. The molecule has 166 valence electrons. The zero-order valence-electron chi connectivity index (χ0n) is 18.7. The Kier molecular flexibility index (Phi) is 6.26. The number of nitrogens with zero attached hydrogens (tertiary/aromatic N) is 1. The molecule has 0 radical (unpaired) electrons. The van der Waals surface area contributed by atoms with Gasteiger partial charge in [-0.2, -0.15) is 0 Å². The first kappa shape index (κ1) is 22.4. The molecule has 1 aliphatic rings. The second-order valence-corrected chi connectivity index (χ2v) is 9.84. The van der Waals surface area contributed by atoms with Crippen LogP contribution in [0.5, 0.6) is 0 Å². The van der Waals surface area contributed by atoms with Gasteiger partial charge in [-0.15, -0.1) is 0 Å². The molecule has 4 rings (SSSR count). The minimum absolute atomic E-state index is 0.0666. The first-order valence-electron chi connectivity index (χ1n) is 10.8. The van der Waals surface area contributed by atoms with Crippen molar-refractivity contribution < 1.29 is 4.79 Å². The predicted molar refractivity (Wildman–Crippen MR) is 137 cm³/mol. The van der Waals surface area contributed by atoms with Gasteiger partial charge in [-0.3, -0.25) is 4.79 Å². The summed E-state index contributed by atoms with van der Waals surface area (Å²) in [6.07, 6.45) is 0. The van der Waals surface area contributed by atoms with Crippen LogP contribution in [0, 0.1) is 6.92 Å². The van der Waals surface area contributed by atoms with Crippen molar-refractivity contribution in [2.24, 2.45) is 5.73 Å². The third-order valence-electron chi connectivity index (χ3n) is 5.79. The number of nitrogens with two attached hydrogens (primary N) is 1. The van der Waals surface area contributed by atoms with E-state index in [1.807, 2.05) is 43.3 Å². The van der Waals surface area contributed by atoms with Crippen LogP contribution in [0.4, 0.5) is 17.1 Å². The number of carbonyl (C=O) groups excluding carboxylic acids is 1. The van der Waals surface area contributed by atoms with Crippen LogP contribution in [0.25, 0.3) is 11.1 Å². The number of benzene rings is 3. The molecule has 1 saturated heterocycles. The van der Waals surface area contributed by atoms with Crippen LogP contribution < -0.4 is 21.3 Å². The average Bonchev–Trinajstić information content (AvgIpc) is 2.73. The van der Waals surface area contributed by atoms with Gasteiger partial charge in [-0.1, -0.05) is 30.3 Å². The van der Waals surface area contributed by atoms with Crippen LogP contribution in [-0.4, -0.2) is 31.1 Å². The monoisotopic (exact) mass is 492 g/mol. The number of primary amides is 1. The van der Waals surface area contributed by atoms with Gasteiger partial charge >= 0.3 is 0 Å². The summed E-state index contributed by atoms with van der Waals surface area (Å²) < 4.78 is 1.03. The van der Waals surface area contributed by atoms with E-state index in [-0.39, 0.29) is 5.54 Å². The third kappa shape index (κ3) is 4.81. The lowest BCUT2D eigenvalue weighted by Gasteiger charge is -2.40. The standard InChI is InChI=1S/C26H29BrN4O/c1-17-6-4-7-19(14-17)30-24-20(8-5-9-21(24)25(28)32)18-10-11-23(22(27)15-18)31-13-12-29-26(2,3)16-31/h4-11,14-15,29-30H,12-13,16H2,1-3H3,(H2,28,32). The topological polar surface area (TPSA) is 70.4 Å². The SMILES string of the molecule is Cc1cccc(Nc2c(C(N)=O)cccc2-c2ccc(N3CCNC(C)(C)C3)c(Br)c2)c1. The number of aryl methyl sites for hydroxylation is 1. The first-order chi connectivity index (χ1) is 15.2. The zero-order valence-corrected chi connectivity index (χ0v) is 20.3. The van der Waals surface area contributed by atoms with Crippen molar-refractivity contribution in [2.75, 3.05) is 29.9 Å². The highest BCUT2D eigenvalue weighted by atomic mass is 79.9. The lowest BCUT2D eigenvalue weighted by Crippen LogP contribution is -2.57. The van der Waals surface area contributed by atoms with Crippen molar-refractivity contribution >= 4 is 38.9 Å². The molecule has 4 N–H and O–H groups in total. The van der Waals surface area contributed by atoms with Crippen molar-refractivity contribution in [2.45, 2.75) is 26.3 Å². The Morgan fingerprint density at radius 2 is 1.91 bits per heavy atom. The fourth-order valence-corrected chi connectivity index (χ4v) is 4.91. The van der Waals surface area contributed by atoms with Crippen molar-refractivity contribution in [3.63, 3.8) is 0 Å². The Labute approximate surface area is 198 Å². The molecule has 0 aromatic heterocycles. The first-order valence-corrected chi connectivity index (χ1v) is 11.6.